The van der Waals surface area contributed by atoms with Gasteiger partial charge in [0.15, 0.2) is 0 Å². The van der Waals surface area contributed by atoms with Crippen molar-refractivity contribution in [1.29, 1.82) is 0 Å². The molecule has 1 unspecified atom stereocenters. The van der Waals surface area contributed by atoms with E-state index in [4.69, 9.17) is 0 Å². The topological polar surface area (TPSA) is 46.4 Å². The molecule has 0 N–H and O–H groups in total. The summed E-state index contributed by atoms with van der Waals surface area (Å²) in [5.74, 6) is 0. The molecule has 0 aromatic heterocycles. The molecule has 0 bridgehead atoms. The fourth-order valence-electron chi connectivity index (χ4n) is 2.51. The number of likely N-dealkylation sites (tertiary alicyclic amines) is 1. The van der Waals surface area contributed by atoms with Crippen LogP contribution in [0.1, 0.15) is 18.4 Å². The van der Waals surface area contributed by atoms with Crippen LogP contribution in [0, 0.1) is 10.1 Å². The Labute approximate surface area is 109 Å². The van der Waals surface area contributed by atoms with Gasteiger partial charge in [-0.15, -0.1) is 0 Å². The molecule has 4 nitrogen and oxygen atoms in total. The summed E-state index contributed by atoms with van der Waals surface area (Å²) >= 11 is 3.38. The van der Waals surface area contributed by atoms with Gasteiger partial charge in [-0.2, -0.15) is 0 Å². The number of halogens is 1. The number of hydrogen-bond donors (Lipinski definition) is 0. The Hall–Kier alpha value is -0.940. The Kier molecular flexibility index (Phi) is 3.49. The monoisotopic (exact) mass is 298 g/mol. The summed E-state index contributed by atoms with van der Waals surface area (Å²) in [6, 6.07) is 7.47. The minimum atomic E-state index is -0.948. The van der Waals surface area contributed by atoms with Crippen molar-refractivity contribution in [2.24, 2.45) is 0 Å². The van der Waals surface area contributed by atoms with E-state index in [1.54, 1.807) is 0 Å². The molecule has 1 aromatic rings. The molecule has 1 aliphatic rings. The molecule has 5 heteroatoms. The molecule has 1 saturated heterocycles. The number of benzene rings is 1. The summed E-state index contributed by atoms with van der Waals surface area (Å²) in [7, 11) is 1.94. The molecule has 1 aromatic carbocycles. The first-order chi connectivity index (χ1) is 8.04. The Morgan fingerprint density at radius 1 is 1.53 bits per heavy atom. The minimum Gasteiger partial charge on any atom is -0.299 e. The van der Waals surface area contributed by atoms with Crippen molar-refractivity contribution in [2.45, 2.75) is 18.4 Å². The fraction of sp³-hybridized carbons (Fsp3) is 0.500. The van der Waals surface area contributed by atoms with Crippen molar-refractivity contribution in [3.05, 3.63) is 44.4 Å². The first-order valence-electron chi connectivity index (χ1n) is 5.64. The van der Waals surface area contributed by atoms with Crippen molar-refractivity contribution in [2.75, 3.05) is 20.1 Å². The zero-order chi connectivity index (χ0) is 12.5. The number of nitro groups is 1. The maximum absolute atomic E-state index is 11.5. The number of nitrogens with zero attached hydrogens (tertiary/aromatic N) is 2. The van der Waals surface area contributed by atoms with Crippen LogP contribution in [-0.4, -0.2) is 30.0 Å². The van der Waals surface area contributed by atoms with Gasteiger partial charge in [0.25, 0.3) is 5.54 Å². The van der Waals surface area contributed by atoms with E-state index in [9.17, 15) is 10.1 Å². The Morgan fingerprint density at radius 2 is 2.29 bits per heavy atom. The predicted molar refractivity (Wildman–Crippen MR) is 69.5 cm³/mol. The maximum atomic E-state index is 11.5. The standard InChI is InChI=1S/C12H15BrN2O2/c1-14-7-3-6-12(9-14,15(16)17)10-4-2-5-11(13)8-10/h2,4-5,8H,3,6-7,9H2,1H3. The van der Waals surface area contributed by atoms with E-state index < -0.39 is 5.54 Å². The lowest BCUT2D eigenvalue weighted by Crippen LogP contribution is -2.49. The summed E-state index contributed by atoms with van der Waals surface area (Å²) in [6.07, 6.45) is 1.48. The van der Waals surface area contributed by atoms with E-state index in [-0.39, 0.29) is 4.92 Å². The Balaban J connectivity index is 2.44. The molecule has 1 atom stereocenters. The van der Waals surface area contributed by atoms with Crippen LogP contribution < -0.4 is 0 Å². The van der Waals surface area contributed by atoms with Gasteiger partial charge < -0.3 is 0 Å². The van der Waals surface area contributed by atoms with Gasteiger partial charge in [-0.05, 0) is 32.1 Å². The molecular weight excluding hydrogens is 284 g/mol. The fourth-order valence-corrected chi connectivity index (χ4v) is 2.91. The van der Waals surface area contributed by atoms with Crippen molar-refractivity contribution in [3.8, 4) is 0 Å². The molecule has 17 heavy (non-hydrogen) atoms. The third kappa shape index (κ3) is 2.35. The normalized spacial score (nSPS) is 25.8. The molecule has 2 rings (SSSR count). The number of piperidine rings is 1. The van der Waals surface area contributed by atoms with Crippen LogP contribution in [-0.2, 0) is 5.54 Å². The smallest absolute Gasteiger partial charge is 0.259 e. The number of rotatable bonds is 2. The second kappa shape index (κ2) is 4.74. The molecule has 0 aliphatic carbocycles. The van der Waals surface area contributed by atoms with Crippen molar-refractivity contribution >= 4 is 15.9 Å². The Bertz CT molecular complexity index is 438. The highest BCUT2D eigenvalue weighted by atomic mass is 79.9. The summed E-state index contributed by atoms with van der Waals surface area (Å²) < 4.78 is 0.893. The molecule has 0 saturated carbocycles. The van der Waals surface area contributed by atoms with E-state index in [1.165, 1.54) is 0 Å². The van der Waals surface area contributed by atoms with E-state index in [0.717, 1.165) is 23.0 Å². The first kappa shape index (κ1) is 12.5. The second-order valence-corrected chi connectivity index (χ2v) is 5.56. The zero-order valence-electron chi connectivity index (χ0n) is 9.73. The SMILES string of the molecule is CN1CCCC(c2cccc(Br)c2)([N+](=O)[O-])C1. The highest BCUT2D eigenvalue weighted by molar-refractivity contribution is 9.10. The molecular formula is C12H15BrN2O2. The highest BCUT2D eigenvalue weighted by Gasteiger charge is 2.47. The van der Waals surface area contributed by atoms with E-state index >= 15 is 0 Å². The summed E-state index contributed by atoms with van der Waals surface area (Å²) in [5.41, 5.74) is -0.153. The highest BCUT2D eigenvalue weighted by Crippen LogP contribution is 2.35. The van der Waals surface area contributed by atoms with Gasteiger partial charge in [-0.25, -0.2) is 0 Å². The third-order valence-corrected chi connectivity index (χ3v) is 3.87. The van der Waals surface area contributed by atoms with Crippen LogP contribution in [0.25, 0.3) is 0 Å². The van der Waals surface area contributed by atoms with Gasteiger partial charge >= 0.3 is 0 Å². The van der Waals surface area contributed by atoms with Crippen molar-refractivity contribution < 1.29 is 4.92 Å². The summed E-state index contributed by atoms with van der Waals surface area (Å²) in [6.45, 7) is 1.42. The van der Waals surface area contributed by atoms with Crippen LogP contribution in [0.3, 0.4) is 0 Å². The summed E-state index contributed by atoms with van der Waals surface area (Å²) in [4.78, 5) is 13.4. The zero-order valence-corrected chi connectivity index (χ0v) is 11.3. The average molecular weight is 299 g/mol. The lowest BCUT2D eigenvalue weighted by molar-refractivity contribution is -0.584. The first-order valence-corrected chi connectivity index (χ1v) is 6.43. The van der Waals surface area contributed by atoms with Crippen LogP contribution in [0.4, 0.5) is 0 Å². The van der Waals surface area contributed by atoms with Gasteiger partial charge in [-0.1, -0.05) is 28.1 Å². The van der Waals surface area contributed by atoms with Crippen molar-refractivity contribution in [1.82, 2.24) is 4.90 Å². The van der Waals surface area contributed by atoms with Crippen LogP contribution >= 0.6 is 15.9 Å². The van der Waals surface area contributed by atoms with Gasteiger partial charge in [0.1, 0.15) is 0 Å². The quantitative estimate of drug-likeness (QED) is 0.623. The molecule has 0 radical (unpaired) electrons. The third-order valence-electron chi connectivity index (χ3n) is 3.37. The van der Waals surface area contributed by atoms with Crippen LogP contribution in [0.15, 0.2) is 28.7 Å². The number of likely N-dealkylation sites (N-methyl/N-ethyl adjacent to an activating group) is 1. The lowest BCUT2D eigenvalue weighted by atomic mass is 9.83. The van der Waals surface area contributed by atoms with E-state index in [1.807, 2.05) is 36.2 Å². The van der Waals surface area contributed by atoms with Gasteiger partial charge in [0.2, 0.25) is 0 Å². The maximum Gasteiger partial charge on any atom is 0.259 e. The summed E-state index contributed by atoms with van der Waals surface area (Å²) in [5, 5.41) is 11.5. The molecule has 1 fully saturated rings. The van der Waals surface area contributed by atoms with Crippen molar-refractivity contribution in [3.63, 3.8) is 0 Å². The van der Waals surface area contributed by atoms with E-state index in [2.05, 4.69) is 15.9 Å². The number of hydrogen-bond acceptors (Lipinski definition) is 3. The van der Waals surface area contributed by atoms with E-state index in [0.29, 0.717) is 13.0 Å². The minimum absolute atomic E-state index is 0.121. The molecule has 0 spiro atoms. The van der Waals surface area contributed by atoms with Gasteiger partial charge in [-0.3, -0.25) is 15.0 Å². The van der Waals surface area contributed by atoms with Gasteiger partial charge in [0.05, 0.1) is 6.54 Å². The molecule has 92 valence electrons. The molecule has 1 aliphatic heterocycles. The van der Waals surface area contributed by atoms with Gasteiger partial charge in [0, 0.05) is 21.4 Å². The molecule has 1 heterocycles. The van der Waals surface area contributed by atoms with Crippen LogP contribution in [0.2, 0.25) is 0 Å². The lowest BCUT2D eigenvalue weighted by Gasteiger charge is -2.34. The molecule has 0 amide bonds. The Morgan fingerprint density at radius 3 is 2.88 bits per heavy atom. The largest absolute Gasteiger partial charge is 0.299 e. The predicted octanol–water partition coefficient (Wildman–Crippen LogP) is 2.65. The average Bonchev–Trinajstić information content (AvgIpc) is 2.28. The second-order valence-electron chi connectivity index (χ2n) is 4.64. The van der Waals surface area contributed by atoms with Crippen LogP contribution in [0.5, 0.6) is 0 Å².